The van der Waals surface area contributed by atoms with Crippen LogP contribution in [0.2, 0.25) is 0 Å². The van der Waals surface area contributed by atoms with Gasteiger partial charge in [-0.3, -0.25) is 4.99 Å². The van der Waals surface area contributed by atoms with E-state index in [1.807, 2.05) is 6.21 Å². The Labute approximate surface area is 67.8 Å². The van der Waals surface area contributed by atoms with Crippen molar-refractivity contribution in [3.05, 3.63) is 34.9 Å². The number of rotatable bonds is 1. The molecule has 0 fully saturated rings. The van der Waals surface area contributed by atoms with Crippen molar-refractivity contribution in [2.45, 2.75) is 13.8 Å². The van der Waals surface area contributed by atoms with E-state index in [4.69, 9.17) is 0 Å². The van der Waals surface area contributed by atoms with Gasteiger partial charge in [0.1, 0.15) is 0 Å². The number of benzene rings is 1. The monoisotopic (exact) mass is 147 g/mol. The predicted octanol–water partition coefficient (Wildman–Crippen LogP) is 2.35. The smallest absolute Gasteiger partial charge is 0.0284 e. The average molecular weight is 147 g/mol. The molecule has 0 heterocycles. The quantitative estimate of drug-likeness (QED) is 0.541. The van der Waals surface area contributed by atoms with Gasteiger partial charge in [-0.05, 0) is 30.5 Å². The number of nitrogens with zero attached hydrogens (tertiary/aromatic N) is 1. The molecule has 0 radical (unpaired) electrons. The fourth-order valence-corrected chi connectivity index (χ4v) is 1.05. The van der Waals surface area contributed by atoms with Crippen LogP contribution in [0, 0.1) is 13.8 Å². The first-order chi connectivity index (χ1) is 5.25. The molecule has 0 unspecified atom stereocenters. The largest absolute Gasteiger partial charge is 0.296 e. The third kappa shape index (κ3) is 1.67. The van der Waals surface area contributed by atoms with Crippen LogP contribution in [0.4, 0.5) is 0 Å². The van der Waals surface area contributed by atoms with Gasteiger partial charge in [0, 0.05) is 13.3 Å². The minimum Gasteiger partial charge on any atom is -0.296 e. The maximum atomic E-state index is 3.98. The summed E-state index contributed by atoms with van der Waals surface area (Å²) in [5, 5.41) is 0. The minimum absolute atomic E-state index is 1.22. The fraction of sp³-hybridized carbons (Fsp3) is 0.300. The zero-order valence-corrected chi connectivity index (χ0v) is 7.26. The Balaban J connectivity index is 3.16. The second-order valence-corrected chi connectivity index (χ2v) is 2.68. The summed E-state index contributed by atoms with van der Waals surface area (Å²) in [5.41, 5.74) is 3.85. The molecule has 58 valence electrons. The van der Waals surface area contributed by atoms with Crippen LogP contribution >= 0.6 is 0 Å². The molecule has 0 saturated carbocycles. The third-order valence-corrected chi connectivity index (χ3v) is 1.91. The zero-order chi connectivity index (χ0) is 8.27. The van der Waals surface area contributed by atoms with Crippen LogP contribution in [0.3, 0.4) is 0 Å². The Hall–Kier alpha value is -1.11. The van der Waals surface area contributed by atoms with Gasteiger partial charge in [0.25, 0.3) is 0 Å². The highest BCUT2D eigenvalue weighted by Gasteiger charge is 1.95. The molecule has 1 aromatic carbocycles. The normalized spacial score (nSPS) is 10.8. The van der Waals surface area contributed by atoms with Crippen LogP contribution in [-0.2, 0) is 0 Å². The Morgan fingerprint density at radius 1 is 1.27 bits per heavy atom. The molecule has 0 aromatic heterocycles. The molecule has 0 spiro atoms. The van der Waals surface area contributed by atoms with Crippen molar-refractivity contribution in [3.8, 4) is 0 Å². The molecule has 0 aliphatic heterocycles. The van der Waals surface area contributed by atoms with Crippen molar-refractivity contribution in [2.24, 2.45) is 4.99 Å². The second-order valence-electron chi connectivity index (χ2n) is 2.68. The van der Waals surface area contributed by atoms with Gasteiger partial charge in [0.15, 0.2) is 0 Å². The lowest BCUT2D eigenvalue weighted by Gasteiger charge is -2.01. The second kappa shape index (κ2) is 3.33. The molecule has 1 heteroatoms. The molecule has 0 saturated heterocycles. The highest BCUT2D eigenvalue weighted by atomic mass is 14.6. The van der Waals surface area contributed by atoms with E-state index >= 15 is 0 Å². The van der Waals surface area contributed by atoms with E-state index in [0.29, 0.717) is 0 Å². The maximum absolute atomic E-state index is 3.98. The van der Waals surface area contributed by atoms with Crippen LogP contribution in [0.15, 0.2) is 23.2 Å². The van der Waals surface area contributed by atoms with Crippen LogP contribution in [0.5, 0.6) is 0 Å². The Kier molecular flexibility index (Phi) is 2.42. The zero-order valence-electron chi connectivity index (χ0n) is 7.26. The molecule has 0 aliphatic carbocycles. The van der Waals surface area contributed by atoms with Crippen molar-refractivity contribution in [2.75, 3.05) is 7.05 Å². The number of aliphatic imine (C=N–C) groups is 1. The van der Waals surface area contributed by atoms with E-state index in [1.54, 1.807) is 7.05 Å². The van der Waals surface area contributed by atoms with Crippen LogP contribution < -0.4 is 0 Å². The Morgan fingerprint density at radius 2 is 2.00 bits per heavy atom. The molecule has 11 heavy (non-hydrogen) atoms. The van der Waals surface area contributed by atoms with Gasteiger partial charge in [0.05, 0.1) is 0 Å². The van der Waals surface area contributed by atoms with Crippen molar-refractivity contribution in [3.63, 3.8) is 0 Å². The molecule has 0 aliphatic rings. The molecular weight excluding hydrogens is 134 g/mol. The van der Waals surface area contributed by atoms with Gasteiger partial charge in [-0.2, -0.15) is 0 Å². The van der Waals surface area contributed by atoms with Gasteiger partial charge in [-0.1, -0.05) is 18.2 Å². The molecule has 0 N–H and O–H groups in total. The van der Waals surface area contributed by atoms with Gasteiger partial charge in [0.2, 0.25) is 0 Å². The lowest BCUT2D eigenvalue weighted by Crippen LogP contribution is -1.89. The lowest BCUT2D eigenvalue weighted by molar-refractivity contribution is 1.32. The summed E-state index contributed by atoms with van der Waals surface area (Å²) in [5.74, 6) is 0. The number of hydrogen-bond acceptors (Lipinski definition) is 1. The van der Waals surface area contributed by atoms with Crippen LogP contribution in [0.25, 0.3) is 0 Å². The Bertz CT molecular complexity index is 274. The van der Waals surface area contributed by atoms with Gasteiger partial charge in [-0.15, -0.1) is 0 Å². The van der Waals surface area contributed by atoms with E-state index in [2.05, 4.69) is 37.0 Å². The standard InChI is InChI=1S/C10H13N/c1-8-5-4-6-10(7-11-3)9(8)2/h4-7H,1-3H3/b11-7-. The topological polar surface area (TPSA) is 12.4 Å². The van der Waals surface area contributed by atoms with E-state index in [-0.39, 0.29) is 0 Å². The fourth-order valence-electron chi connectivity index (χ4n) is 1.05. The van der Waals surface area contributed by atoms with Crippen molar-refractivity contribution < 1.29 is 0 Å². The number of aryl methyl sites for hydroxylation is 1. The molecule has 0 amide bonds. The summed E-state index contributed by atoms with van der Waals surface area (Å²) in [7, 11) is 1.79. The summed E-state index contributed by atoms with van der Waals surface area (Å²) in [6, 6.07) is 6.25. The Morgan fingerprint density at radius 3 is 2.64 bits per heavy atom. The van der Waals surface area contributed by atoms with Gasteiger partial charge >= 0.3 is 0 Å². The van der Waals surface area contributed by atoms with Crippen molar-refractivity contribution >= 4 is 6.21 Å². The van der Waals surface area contributed by atoms with Crippen LogP contribution in [-0.4, -0.2) is 13.3 Å². The van der Waals surface area contributed by atoms with Gasteiger partial charge < -0.3 is 0 Å². The first-order valence-electron chi connectivity index (χ1n) is 3.74. The summed E-state index contributed by atoms with van der Waals surface area (Å²) >= 11 is 0. The molecule has 0 bridgehead atoms. The van der Waals surface area contributed by atoms with Gasteiger partial charge in [-0.25, -0.2) is 0 Å². The van der Waals surface area contributed by atoms with Crippen LogP contribution in [0.1, 0.15) is 16.7 Å². The SMILES string of the molecule is C/N=C\c1cccc(C)c1C. The third-order valence-electron chi connectivity index (χ3n) is 1.91. The average Bonchev–Trinajstić information content (AvgIpc) is 1.99. The van der Waals surface area contributed by atoms with Crippen molar-refractivity contribution in [1.82, 2.24) is 0 Å². The summed E-state index contributed by atoms with van der Waals surface area (Å²) in [6.07, 6.45) is 1.89. The van der Waals surface area contributed by atoms with E-state index < -0.39 is 0 Å². The highest BCUT2D eigenvalue weighted by molar-refractivity contribution is 5.81. The maximum Gasteiger partial charge on any atom is 0.0284 e. The lowest BCUT2D eigenvalue weighted by atomic mass is 10.0. The predicted molar refractivity (Wildman–Crippen MR) is 49.4 cm³/mol. The summed E-state index contributed by atoms with van der Waals surface area (Å²) in [4.78, 5) is 3.98. The first-order valence-corrected chi connectivity index (χ1v) is 3.74. The molecule has 0 atom stereocenters. The van der Waals surface area contributed by atoms with E-state index in [9.17, 15) is 0 Å². The molecule has 1 nitrogen and oxygen atoms in total. The number of hydrogen-bond donors (Lipinski definition) is 0. The first kappa shape index (κ1) is 7.99. The summed E-state index contributed by atoms with van der Waals surface area (Å²) < 4.78 is 0. The highest BCUT2D eigenvalue weighted by Crippen LogP contribution is 2.09. The molecule has 1 aromatic rings. The molecular formula is C10H13N. The molecule has 1 rings (SSSR count). The van der Waals surface area contributed by atoms with Crippen molar-refractivity contribution in [1.29, 1.82) is 0 Å². The minimum atomic E-state index is 1.22. The van der Waals surface area contributed by atoms with E-state index in [0.717, 1.165) is 0 Å². The summed E-state index contributed by atoms with van der Waals surface area (Å²) in [6.45, 7) is 4.23. The van der Waals surface area contributed by atoms with E-state index in [1.165, 1.54) is 16.7 Å².